The van der Waals surface area contributed by atoms with Crippen molar-refractivity contribution in [3.63, 3.8) is 0 Å². The monoisotopic (exact) mass is 315 g/mol. The SMILES string of the molecule is CCCn1cc(C(=O)NCc2noc(-c3ccco3)n2)c(C)n1. The second-order valence-corrected chi connectivity index (χ2v) is 5.07. The highest BCUT2D eigenvalue weighted by molar-refractivity contribution is 5.94. The predicted octanol–water partition coefficient (Wildman–Crippen LogP) is 2.17. The van der Waals surface area contributed by atoms with Crippen molar-refractivity contribution in [1.29, 1.82) is 0 Å². The average Bonchev–Trinajstić information content (AvgIpc) is 3.25. The molecule has 0 atom stereocenters. The zero-order valence-electron chi connectivity index (χ0n) is 12.9. The van der Waals surface area contributed by atoms with E-state index in [1.807, 2.05) is 6.92 Å². The Morgan fingerprint density at radius 3 is 3.04 bits per heavy atom. The fourth-order valence-corrected chi connectivity index (χ4v) is 2.17. The Morgan fingerprint density at radius 1 is 1.43 bits per heavy atom. The van der Waals surface area contributed by atoms with Gasteiger partial charge in [0.25, 0.3) is 11.8 Å². The molecule has 0 aliphatic heterocycles. The first-order valence-electron chi connectivity index (χ1n) is 7.36. The lowest BCUT2D eigenvalue weighted by atomic mass is 10.2. The van der Waals surface area contributed by atoms with Crippen molar-refractivity contribution < 1.29 is 13.7 Å². The lowest BCUT2D eigenvalue weighted by Gasteiger charge is -2.00. The molecule has 3 aromatic heterocycles. The number of carbonyl (C=O) groups is 1. The van der Waals surface area contributed by atoms with Crippen LogP contribution in [0.15, 0.2) is 33.5 Å². The minimum atomic E-state index is -0.214. The third-order valence-electron chi connectivity index (χ3n) is 3.25. The maximum atomic E-state index is 12.2. The number of furan rings is 1. The summed E-state index contributed by atoms with van der Waals surface area (Å²) in [7, 11) is 0. The molecule has 1 amide bonds. The van der Waals surface area contributed by atoms with Crippen molar-refractivity contribution in [3.8, 4) is 11.7 Å². The summed E-state index contributed by atoms with van der Waals surface area (Å²) in [4.78, 5) is 16.4. The Kier molecular flexibility index (Phi) is 4.22. The van der Waals surface area contributed by atoms with Gasteiger partial charge >= 0.3 is 0 Å². The van der Waals surface area contributed by atoms with Crippen LogP contribution >= 0.6 is 0 Å². The van der Waals surface area contributed by atoms with E-state index in [0.29, 0.717) is 22.8 Å². The molecule has 0 aliphatic rings. The fraction of sp³-hybridized carbons (Fsp3) is 0.333. The molecule has 23 heavy (non-hydrogen) atoms. The number of amides is 1. The molecule has 3 heterocycles. The molecule has 0 fully saturated rings. The van der Waals surface area contributed by atoms with Gasteiger partial charge in [-0.05, 0) is 25.5 Å². The molecule has 0 aliphatic carbocycles. The number of aryl methyl sites for hydroxylation is 2. The van der Waals surface area contributed by atoms with Gasteiger partial charge < -0.3 is 14.3 Å². The van der Waals surface area contributed by atoms with Gasteiger partial charge in [0.15, 0.2) is 11.6 Å². The van der Waals surface area contributed by atoms with Crippen LogP contribution in [-0.2, 0) is 13.1 Å². The highest BCUT2D eigenvalue weighted by atomic mass is 16.5. The van der Waals surface area contributed by atoms with Crippen molar-refractivity contribution in [3.05, 3.63) is 41.7 Å². The maximum absolute atomic E-state index is 12.2. The van der Waals surface area contributed by atoms with E-state index in [1.54, 1.807) is 23.0 Å². The number of hydrogen-bond donors (Lipinski definition) is 1. The van der Waals surface area contributed by atoms with Crippen LogP contribution < -0.4 is 5.32 Å². The highest BCUT2D eigenvalue weighted by Gasteiger charge is 2.15. The minimum Gasteiger partial charge on any atom is -0.459 e. The van der Waals surface area contributed by atoms with E-state index in [1.165, 1.54) is 6.26 Å². The van der Waals surface area contributed by atoms with Crippen molar-refractivity contribution in [1.82, 2.24) is 25.2 Å². The molecule has 0 saturated carbocycles. The normalized spacial score (nSPS) is 10.9. The van der Waals surface area contributed by atoms with E-state index in [-0.39, 0.29) is 18.3 Å². The average molecular weight is 315 g/mol. The highest BCUT2D eigenvalue weighted by Crippen LogP contribution is 2.17. The van der Waals surface area contributed by atoms with Gasteiger partial charge in [-0.1, -0.05) is 12.1 Å². The molecule has 0 bridgehead atoms. The van der Waals surface area contributed by atoms with E-state index >= 15 is 0 Å². The van der Waals surface area contributed by atoms with Gasteiger partial charge in [0.2, 0.25) is 0 Å². The molecule has 3 rings (SSSR count). The van der Waals surface area contributed by atoms with E-state index in [0.717, 1.165) is 13.0 Å². The summed E-state index contributed by atoms with van der Waals surface area (Å²) in [5, 5.41) is 10.9. The van der Waals surface area contributed by atoms with Gasteiger partial charge in [0.1, 0.15) is 0 Å². The topological polar surface area (TPSA) is 99.0 Å². The molecule has 0 saturated heterocycles. The first kappa shape index (κ1) is 15.0. The number of carbonyl (C=O) groups excluding carboxylic acids is 1. The van der Waals surface area contributed by atoms with Gasteiger partial charge in [-0.3, -0.25) is 9.48 Å². The summed E-state index contributed by atoms with van der Waals surface area (Å²) in [6.45, 7) is 4.82. The van der Waals surface area contributed by atoms with E-state index in [4.69, 9.17) is 8.94 Å². The summed E-state index contributed by atoms with van der Waals surface area (Å²) in [5.41, 5.74) is 1.24. The van der Waals surface area contributed by atoms with Crippen LogP contribution in [0.25, 0.3) is 11.7 Å². The van der Waals surface area contributed by atoms with E-state index in [9.17, 15) is 4.79 Å². The minimum absolute atomic E-state index is 0.168. The lowest BCUT2D eigenvalue weighted by molar-refractivity contribution is 0.0949. The smallest absolute Gasteiger partial charge is 0.293 e. The molecule has 1 N–H and O–H groups in total. The Hall–Kier alpha value is -2.90. The van der Waals surface area contributed by atoms with Crippen molar-refractivity contribution >= 4 is 5.91 Å². The molecular formula is C15H17N5O3. The number of aromatic nitrogens is 4. The second-order valence-electron chi connectivity index (χ2n) is 5.07. The van der Waals surface area contributed by atoms with E-state index in [2.05, 4.69) is 27.5 Å². The summed E-state index contributed by atoms with van der Waals surface area (Å²) < 4.78 is 12.0. The zero-order chi connectivity index (χ0) is 16.2. The van der Waals surface area contributed by atoms with Crippen molar-refractivity contribution in [2.75, 3.05) is 0 Å². The van der Waals surface area contributed by atoms with Gasteiger partial charge in [0.05, 0.1) is 24.1 Å². The predicted molar refractivity (Wildman–Crippen MR) is 80.4 cm³/mol. The summed E-state index contributed by atoms with van der Waals surface area (Å²) in [6, 6.07) is 3.46. The summed E-state index contributed by atoms with van der Waals surface area (Å²) >= 11 is 0. The van der Waals surface area contributed by atoms with Crippen LogP contribution in [0.5, 0.6) is 0 Å². The quantitative estimate of drug-likeness (QED) is 0.748. The molecule has 3 aromatic rings. The molecular weight excluding hydrogens is 298 g/mol. The summed E-state index contributed by atoms with van der Waals surface area (Å²) in [5.74, 6) is 0.940. The standard InChI is InChI=1S/C15H17N5O3/c1-3-6-20-9-11(10(2)18-20)14(21)16-8-13-17-15(23-19-13)12-5-4-7-22-12/h4-5,7,9H,3,6,8H2,1-2H3,(H,16,21). The molecule has 120 valence electrons. The van der Waals surface area contributed by atoms with Crippen LogP contribution in [0.1, 0.15) is 35.2 Å². The van der Waals surface area contributed by atoms with Gasteiger partial charge in [-0.2, -0.15) is 10.1 Å². The first-order chi connectivity index (χ1) is 11.2. The Morgan fingerprint density at radius 2 is 2.30 bits per heavy atom. The third kappa shape index (κ3) is 3.31. The van der Waals surface area contributed by atoms with Crippen LogP contribution in [0.3, 0.4) is 0 Å². The number of nitrogens with zero attached hydrogens (tertiary/aromatic N) is 4. The molecule has 0 spiro atoms. The third-order valence-corrected chi connectivity index (χ3v) is 3.25. The van der Waals surface area contributed by atoms with E-state index < -0.39 is 0 Å². The molecule has 0 radical (unpaired) electrons. The van der Waals surface area contributed by atoms with Crippen molar-refractivity contribution in [2.24, 2.45) is 0 Å². The van der Waals surface area contributed by atoms with Crippen LogP contribution in [0.4, 0.5) is 0 Å². The number of rotatable bonds is 6. The zero-order valence-corrected chi connectivity index (χ0v) is 12.9. The first-order valence-corrected chi connectivity index (χ1v) is 7.36. The summed E-state index contributed by atoms with van der Waals surface area (Å²) in [6.07, 6.45) is 4.23. The molecule has 0 unspecified atom stereocenters. The molecule has 0 aromatic carbocycles. The number of nitrogens with one attached hydrogen (secondary N) is 1. The second kappa shape index (κ2) is 6.47. The Bertz CT molecular complexity index is 788. The number of hydrogen-bond acceptors (Lipinski definition) is 6. The van der Waals surface area contributed by atoms with Crippen molar-refractivity contribution in [2.45, 2.75) is 33.4 Å². The van der Waals surface area contributed by atoms with Crippen LogP contribution in [-0.4, -0.2) is 25.8 Å². The van der Waals surface area contributed by atoms with Crippen LogP contribution in [0, 0.1) is 6.92 Å². The van der Waals surface area contributed by atoms with Crippen LogP contribution in [0.2, 0.25) is 0 Å². The van der Waals surface area contributed by atoms with Gasteiger partial charge in [-0.15, -0.1) is 0 Å². The lowest BCUT2D eigenvalue weighted by Crippen LogP contribution is -2.23. The Balaban J connectivity index is 1.63. The van der Waals surface area contributed by atoms with Gasteiger partial charge in [-0.25, -0.2) is 0 Å². The Labute approximate surface area is 132 Å². The molecule has 8 nitrogen and oxygen atoms in total. The largest absolute Gasteiger partial charge is 0.459 e. The maximum Gasteiger partial charge on any atom is 0.293 e. The fourth-order valence-electron chi connectivity index (χ4n) is 2.17. The molecule has 8 heteroatoms. The van der Waals surface area contributed by atoms with Gasteiger partial charge in [0, 0.05) is 12.7 Å².